The van der Waals surface area contributed by atoms with E-state index in [1.807, 2.05) is 30.3 Å². The number of amides is 1. The lowest BCUT2D eigenvalue weighted by atomic mass is 10.2. The van der Waals surface area contributed by atoms with Crippen LogP contribution in [0.5, 0.6) is 0 Å². The Morgan fingerprint density at radius 3 is 2.61 bits per heavy atom. The van der Waals surface area contributed by atoms with Gasteiger partial charge in [0.25, 0.3) is 0 Å². The third kappa shape index (κ3) is 4.80. The molecule has 2 aromatic carbocycles. The van der Waals surface area contributed by atoms with Gasteiger partial charge in [-0.15, -0.1) is 0 Å². The number of carbonyl (C=O) groups excluding carboxylic acids is 1. The van der Waals surface area contributed by atoms with Gasteiger partial charge in [-0.05, 0) is 36.6 Å². The number of hydrogen-bond acceptors (Lipinski definition) is 2. The zero-order valence-electron chi connectivity index (χ0n) is 12.6. The molecular formula is C18H18BrClN2O. The molecule has 0 aromatic heterocycles. The number of rotatable bonds is 6. The third-order valence-corrected chi connectivity index (χ3v) is 4.65. The summed E-state index contributed by atoms with van der Waals surface area (Å²) >= 11 is 9.52. The van der Waals surface area contributed by atoms with Gasteiger partial charge in [0.1, 0.15) is 0 Å². The summed E-state index contributed by atoms with van der Waals surface area (Å²) in [4.78, 5) is 14.6. The molecule has 23 heavy (non-hydrogen) atoms. The molecule has 0 atom stereocenters. The molecule has 2 aromatic rings. The van der Waals surface area contributed by atoms with Crippen LogP contribution in [-0.2, 0) is 11.3 Å². The number of anilines is 1. The van der Waals surface area contributed by atoms with E-state index in [9.17, 15) is 4.79 Å². The molecule has 0 saturated heterocycles. The smallest absolute Gasteiger partial charge is 0.238 e. The molecule has 1 aliphatic carbocycles. The Kier molecular flexibility index (Phi) is 5.36. The number of benzene rings is 2. The topological polar surface area (TPSA) is 32.3 Å². The average molecular weight is 394 g/mol. The largest absolute Gasteiger partial charge is 0.324 e. The average Bonchev–Trinajstić information content (AvgIpc) is 3.35. The SMILES string of the molecule is O=C(CN(Cc1ccccc1)C1CC1)Nc1ccc(Br)cc1Cl. The van der Waals surface area contributed by atoms with Crippen LogP contribution in [0.25, 0.3) is 0 Å². The molecule has 0 bridgehead atoms. The van der Waals surface area contributed by atoms with Gasteiger partial charge in [0.15, 0.2) is 0 Å². The van der Waals surface area contributed by atoms with Gasteiger partial charge in [0, 0.05) is 17.1 Å². The highest BCUT2D eigenvalue weighted by atomic mass is 79.9. The van der Waals surface area contributed by atoms with Crippen molar-refractivity contribution < 1.29 is 4.79 Å². The molecule has 1 amide bonds. The standard InChI is InChI=1S/C18H18BrClN2O/c19-14-6-9-17(16(20)10-14)21-18(23)12-22(15-7-8-15)11-13-4-2-1-3-5-13/h1-6,9-10,15H,7-8,11-12H2,(H,21,23). The monoisotopic (exact) mass is 392 g/mol. The molecular weight excluding hydrogens is 376 g/mol. The van der Waals surface area contributed by atoms with Crippen molar-refractivity contribution in [1.82, 2.24) is 4.90 Å². The third-order valence-electron chi connectivity index (χ3n) is 3.84. The molecule has 1 aliphatic rings. The summed E-state index contributed by atoms with van der Waals surface area (Å²) in [6, 6.07) is 16.2. The molecule has 1 N–H and O–H groups in total. The van der Waals surface area contributed by atoms with Gasteiger partial charge in [-0.25, -0.2) is 0 Å². The second-order valence-electron chi connectivity index (χ2n) is 5.79. The quantitative estimate of drug-likeness (QED) is 0.771. The number of nitrogens with zero attached hydrogens (tertiary/aromatic N) is 1. The first kappa shape index (κ1) is 16.5. The van der Waals surface area contributed by atoms with Gasteiger partial charge in [-0.2, -0.15) is 0 Å². The molecule has 0 spiro atoms. The molecule has 1 fully saturated rings. The predicted octanol–water partition coefficient (Wildman–Crippen LogP) is 4.71. The first-order chi connectivity index (χ1) is 11.1. The van der Waals surface area contributed by atoms with Crippen molar-refractivity contribution in [2.45, 2.75) is 25.4 Å². The van der Waals surface area contributed by atoms with Gasteiger partial charge >= 0.3 is 0 Å². The van der Waals surface area contributed by atoms with Crippen LogP contribution >= 0.6 is 27.5 Å². The minimum atomic E-state index is -0.0305. The molecule has 3 rings (SSSR count). The van der Waals surface area contributed by atoms with Gasteiger partial charge < -0.3 is 5.32 Å². The van der Waals surface area contributed by atoms with Gasteiger partial charge in [0.05, 0.1) is 17.3 Å². The molecule has 0 heterocycles. The summed E-state index contributed by atoms with van der Waals surface area (Å²) in [6.07, 6.45) is 2.33. The van der Waals surface area contributed by atoms with Crippen LogP contribution in [0.1, 0.15) is 18.4 Å². The van der Waals surface area contributed by atoms with E-state index in [2.05, 4.69) is 38.3 Å². The summed E-state index contributed by atoms with van der Waals surface area (Å²) < 4.78 is 0.893. The fraction of sp³-hybridized carbons (Fsp3) is 0.278. The second-order valence-corrected chi connectivity index (χ2v) is 7.12. The van der Waals surface area contributed by atoms with E-state index in [0.29, 0.717) is 23.3 Å². The van der Waals surface area contributed by atoms with Crippen molar-refractivity contribution in [3.05, 3.63) is 63.6 Å². The molecule has 120 valence electrons. The highest BCUT2D eigenvalue weighted by Gasteiger charge is 2.30. The Hall–Kier alpha value is -1.36. The lowest BCUT2D eigenvalue weighted by Crippen LogP contribution is -2.34. The maximum absolute atomic E-state index is 12.4. The van der Waals surface area contributed by atoms with E-state index in [-0.39, 0.29) is 5.91 Å². The van der Waals surface area contributed by atoms with Crippen molar-refractivity contribution in [3.8, 4) is 0 Å². The normalized spacial score (nSPS) is 14.0. The van der Waals surface area contributed by atoms with Crippen LogP contribution in [0, 0.1) is 0 Å². The van der Waals surface area contributed by atoms with E-state index in [1.165, 1.54) is 18.4 Å². The maximum Gasteiger partial charge on any atom is 0.238 e. The molecule has 0 unspecified atom stereocenters. The van der Waals surface area contributed by atoms with Crippen LogP contribution in [0.4, 0.5) is 5.69 Å². The minimum Gasteiger partial charge on any atom is -0.324 e. The number of carbonyl (C=O) groups is 1. The van der Waals surface area contributed by atoms with Crippen molar-refractivity contribution in [2.75, 3.05) is 11.9 Å². The van der Waals surface area contributed by atoms with Crippen molar-refractivity contribution in [3.63, 3.8) is 0 Å². The fourth-order valence-corrected chi connectivity index (χ4v) is 3.26. The van der Waals surface area contributed by atoms with Gasteiger partial charge in [-0.1, -0.05) is 57.9 Å². The number of nitrogens with one attached hydrogen (secondary N) is 1. The van der Waals surface area contributed by atoms with Crippen molar-refractivity contribution in [2.24, 2.45) is 0 Å². The Morgan fingerprint density at radius 1 is 1.22 bits per heavy atom. The van der Waals surface area contributed by atoms with Crippen LogP contribution in [-0.4, -0.2) is 23.4 Å². The number of hydrogen-bond donors (Lipinski definition) is 1. The van der Waals surface area contributed by atoms with Crippen molar-refractivity contribution in [1.29, 1.82) is 0 Å². The predicted molar refractivity (Wildman–Crippen MR) is 97.7 cm³/mol. The van der Waals surface area contributed by atoms with Crippen LogP contribution in [0.15, 0.2) is 53.0 Å². The van der Waals surface area contributed by atoms with Crippen LogP contribution in [0.3, 0.4) is 0 Å². The summed E-state index contributed by atoms with van der Waals surface area (Å²) in [7, 11) is 0. The number of halogens is 2. The Bertz CT molecular complexity index is 689. The second kappa shape index (κ2) is 7.47. The summed E-state index contributed by atoms with van der Waals surface area (Å²) in [5.41, 5.74) is 1.88. The van der Waals surface area contributed by atoms with Gasteiger partial charge in [-0.3, -0.25) is 9.69 Å². The Morgan fingerprint density at radius 2 is 1.96 bits per heavy atom. The van der Waals surface area contributed by atoms with Crippen molar-refractivity contribution >= 4 is 39.1 Å². The zero-order chi connectivity index (χ0) is 16.2. The van der Waals surface area contributed by atoms with E-state index in [1.54, 1.807) is 6.07 Å². The van der Waals surface area contributed by atoms with E-state index < -0.39 is 0 Å². The first-order valence-electron chi connectivity index (χ1n) is 7.65. The molecule has 0 radical (unpaired) electrons. The fourth-order valence-electron chi connectivity index (χ4n) is 2.54. The first-order valence-corrected chi connectivity index (χ1v) is 8.82. The lowest BCUT2D eigenvalue weighted by molar-refractivity contribution is -0.117. The minimum absolute atomic E-state index is 0.0305. The van der Waals surface area contributed by atoms with E-state index in [4.69, 9.17) is 11.6 Å². The molecule has 5 heteroatoms. The van der Waals surface area contributed by atoms with E-state index >= 15 is 0 Å². The van der Waals surface area contributed by atoms with E-state index in [0.717, 1.165) is 11.0 Å². The zero-order valence-corrected chi connectivity index (χ0v) is 15.0. The van der Waals surface area contributed by atoms with Crippen LogP contribution < -0.4 is 5.32 Å². The summed E-state index contributed by atoms with van der Waals surface area (Å²) in [5.74, 6) is -0.0305. The molecule has 1 saturated carbocycles. The maximum atomic E-state index is 12.4. The highest BCUT2D eigenvalue weighted by molar-refractivity contribution is 9.10. The molecule has 3 nitrogen and oxygen atoms in total. The van der Waals surface area contributed by atoms with Crippen LogP contribution in [0.2, 0.25) is 5.02 Å². The lowest BCUT2D eigenvalue weighted by Gasteiger charge is -2.21. The molecule has 0 aliphatic heterocycles. The summed E-state index contributed by atoms with van der Waals surface area (Å²) in [5, 5.41) is 3.44. The highest BCUT2D eigenvalue weighted by Crippen LogP contribution is 2.29. The Balaban J connectivity index is 1.62. The summed E-state index contributed by atoms with van der Waals surface area (Å²) in [6.45, 7) is 1.18. The van der Waals surface area contributed by atoms with Gasteiger partial charge in [0.2, 0.25) is 5.91 Å². The Labute approximate surface area is 149 Å².